The van der Waals surface area contributed by atoms with Crippen LogP contribution in [-0.2, 0) is 32.6 Å². The van der Waals surface area contributed by atoms with Crippen LogP contribution in [0.5, 0.6) is 11.5 Å². The molecule has 0 aliphatic heterocycles. The molecule has 0 saturated heterocycles. The molecule has 1 N–H and O–H groups in total. The van der Waals surface area contributed by atoms with Gasteiger partial charge in [0.15, 0.2) is 0 Å². The molecule has 0 spiro atoms. The third-order valence-electron chi connectivity index (χ3n) is 8.03. The van der Waals surface area contributed by atoms with Crippen LogP contribution < -0.4 is 19.1 Å². The Labute approximate surface area is 261 Å². The number of benzene rings is 3. The number of anilines is 1. The van der Waals surface area contributed by atoms with Gasteiger partial charge in [-0.05, 0) is 43.0 Å². The van der Waals surface area contributed by atoms with E-state index in [1.807, 2.05) is 61.5 Å². The molecule has 236 valence electrons. The number of nitrogens with one attached hydrogen (secondary N) is 1. The van der Waals surface area contributed by atoms with Crippen molar-refractivity contribution < 1.29 is 27.5 Å². The molecule has 0 heterocycles. The number of rotatable bonds is 13. The number of aryl methyl sites for hydroxylation is 1. The summed E-state index contributed by atoms with van der Waals surface area (Å²) in [4.78, 5) is 30.0. The Morgan fingerprint density at radius 3 is 2.20 bits per heavy atom. The number of ether oxygens (including phenoxy) is 2. The van der Waals surface area contributed by atoms with Crippen LogP contribution in [0.25, 0.3) is 0 Å². The van der Waals surface area contributed by atoms with E-state index < -0.39 is 28.5 Å². The Balaban J connectivity index is 1.75. The van der Waals surface area contributed by atoms with E-state index in [0.29, 0.717) is 5.75 Å². The summed E-state index contributed by atoms with van der Waals surface area (Å²) in [6.07, 6.45) is 6.35. The lowest BCUT2D eigenvalue weighted by atomic mass is 9.94. The fraction of sp³-hybridized carbons (Fsp3) is 0.412. The highest BCUT2D eigenvalue weighted by Gasteiger charge is 2.34. The second-order valence-electron chi connectivity index (χ2n) is 11.4. The topological polar surface area (TPSA) is 105 Å². The van der Waals surface area contributed by atoms with E-state index in [-0.39, 0.29) is 36.4 Å². The second-order valence-corrected chi connectivity index (χ2v) is 13.3. The maximum atomic E-state index is 14.4. The standard InChI is InChI=1S/C34H43N3O6S/c1-25-15-17-27(18-16-25)23-36(31(21-26-11-7-5-8-12-26)34(39)35-28-13-9-6-10-14-28)33(38)24-37(44(4,40)41)30-22-29(42-2)19-20-32(30)43-3/h5,7-8,11-12,15-20,22,28,31H,6,9-10,13-14,21,23-24H2,1-4H3,(H,35,39)/t31-/m0/s1. The highest BCUT2D eigenvalue weighted by molar-refractivity contribution is 7.92. The van der Waals surface area contributed by atoms with Gasteiger partial charge in [-0.3, -0.25) is 13.9 Å². The Bertz CT molecular complexity index is 1510. The summed E-state index contributed by atoms with van der Waals surface area (Å²) in [6.45, 7) is 1.58. The van der Waals surface area contributed by atoms with Crippen LogP contribution in [-0.4, -0.2) is 64.2 Å². The van der Waals surface area contributed by atoms with Crippen molar-refractivity contribution in [3.63, 3.8) is 0 Å². The molecule has 0 radical (unpaired) electrons. The lowest BCUT2D eigenvalue weighted by Gasteiger charge is -2.35. The summed E-state index contributed by atoms with van der Waals surface area (Å²) >= 11 is 0. The number of nitrogens with zero attached hydrogens (tertiary/aromatic N) is 2. The van der Waals surface area contributed by atoms with Gasteiger partial charge in [-0.1, -0.05) is 79.4 Å². The molecule has 3 aromatic carbocycles. The normalized spacial score (nSPS) is 14.4. The zero-order valence-corrected chi connectivity index (χ0v) is 26.8. The van der Waals surface area contributed by atoms with Crippen molar-refractivity contribution in [3.05, 3.63) is 89.5 Å². The molecular weight excluding hydrogens is 578 g/mol. The molecule has 1 fully saturated rings. The summed E-state index contributed by atoms with van der Waals surface area (Å²) < 4.78 is 38.2. The van der Waals surface area contributed by atoms with Gasteiger partial charge in [0, 0.05) is 25.1 Å². The fourth-order valence-electron chi connectivity index (χ4n) is 5.57. The minimum atomic E-state index is -3.96. The van der Waals surface area contributed by atoms with Gasteiger partial charge >= 0.3 is 0 Å². The van der Waals surface area contributed by atoms with E-state index in [9.17, 15) is 18.0 Å². The van der Waals surface area contributed by atoms with Crippen molar-refractivity contribution in [1.29, 1.82) is 0 Å². The summed E-state index contributed by atoms with van der Waals surface area (Å²) in [7, 11) is -1.05. The van der Waals surface area contributed by atoms with Gasteiger partial charge < -0.3 is 19.7 Å². The molecule has 1 saturated carbocycles. The minimum Gasteiger partial charge on any atom is -0.497 e. The molecule has 2 amide bonds. The molecule has 1 aliphatic rings. The van der Waals surface area contributed by atoms with Crippen LogP contribution in [0.3, 0.4) is 0 Å². The van der Waals surface area contributed by atoms with Crippen LogP contribution >= 0.6 is 0 Å². The van der Waals surface area contributed by atoms with Crippen LogP contribution in [0.15, 0.2) is 72.8 Å². The Morgan fingerprint density at radius 2 is 1.59 bits per heavy atom. The minimum absolute atomic E-state index is 0.0411. The van der Waals surface area contributed by atoms with Gasteiger partial charge in [-0.2, -0.15) is 0 Å². The summed E-state index contributed by atoms with van der Waals surface area (Å²) in [5, 5.41) is 3.22. The molecule has 3 aromatic rings. The van der Waals surface area contributed by atoms with Gasteiger partial charge in [-0.25, -0.2) is 8.42 Å². The van der Waals surface area contributed by atoms with Crippen molar-refractivity contribution in [2.24, 2.45) is 0 Å². The quantitative estimate of drug-likeness (QED) is 0.292. The Kier molecular flexibility index (Phi) is 11.3. The highest BCUT2D eigenvalue weighted by Crippen LogP contribution is 2.34. The monoisotopic (exact) mass is 621 g/mol. The van der Waals surface area contributed by atoms with Crippen LogP contribution in [0.2, 0.25) is 0 Å². The lowest BCUT2D eigenvalue weighted by molar-refractivity contribution is -0.140. The first-order chi connectivity index (χ1) is 21.1. The van der Waals surface area contributed by atoms with Crippen LogP contribution in [0, 0.1) is 6.92 Å². The molecule has 10 heteroatoms. The molecule has 0 unspecified atom stereocenters. The van der Waals surface area contributed by atoms with Gasteiger partial charge in [-0.15, -0.1) is 0 Å². The smallest absolute Gasteiger partial charge is 0.244 e. The van der Waals surface area contributed by atoms with Gasteiger partial charge in [0.05, 0.1) is 26.2 Å². The molecule has 4 rings (SSSR count). The van der Waals surface area contributed by atoms with Crippen LogP contribution in [0.4, 0.5) is 5.69 Å². The molecule has 0 aromatic heterocycles. The number of amides is 2. The van der Waals surface area contributed by atoms with E-state index in [0.717, 1.165) is 59.4 Å². The zero-order chi connectivity index (χ0) is 31.7. The van der Waals surface area contributed by atoms with E-state index in [1.165, 1.54) is 25.2 Å². The van der Waals surface area contributed by atoms with E-state index in [4.69, 9.17) is 9.47 Å². The predicted octanol–water partition coefficient (Wildman–Crippen LogP) is 4.87. The summed E-state index contributed by atoms with van der Waals surface area (Å²) in [5.41, 5.74) is 2.96. The third kappa shape index (κ3) is 8.75. The number of sulfonamides is 1. The number of carbonyl (C=O) groups excluding carboxylic acids is 2. The first-order valence-corrected chi connectivity index (χ1v) is 16.8. The maximum absolute atomic E-state index is 14.4. The second kappa shape index (κ2) is 15.1. The predicted molar refractivity (Wildman–Crippen MR) is 172 cm³/mol. The summed E-state index contributed by atoms with van der Waals surface area (Å²) in [6, 6.07) is 21.3. The Morgan fingerprint density at radius 1 is 0.909 bits per heavy atom. The third-order valence-corrected chi connectivity index (χ3v) is 9.16. The maximum Gasteiger partial charge on any atom is 0.244 e. The zero-order valence-electron chi connectivity index (χ0n) is 26.0. The molecule has 9 nitrogen and oxygen atoms in total. The molecule has 0 bridgehead atoms. The fourth-order valence-corrected chi connectivity index (χ4v) is 6.42. The largest absolute Gasteiger partial charge is 0.497 e. The van der Waals surface area contributed by atoms with Gasteiger partial charge in [0.2, 0.25) is 21.8 Å². The SMILES string of the molecule is COc1ccc(OC)c(N(CC(=O)N(Cc2ccc(C)cc2)[C@@H](Cc2ccccc2)C(=O)NC2CCCCC2)S(C)(=O)=O)c1. The Hall–Kier alpha value is -4.05. The number of hydrogen-bond donors (Lipinski definition) is 1. The average molecular weight is 622 g/mol. The van der Waals surface area contributed by atoms with Crippen molar-refractivity contribution in [2.75, 3.05) is 31.3 Å². The number of methoxy groups -OCH3 is 2. The highest BCUT2D eigenvalue weighted by atomic mass is 32.2. The molecule has 44 heavy (non-hydrogen) atoms. The van der Waals surface area contributed by atoms with Crippen molar-refractivity contribution in [1.82, 2.24) is 10.2 Å². The molecule has 1 aliphatic carbocycles. The van der Waals surface area contributed by atoms with Crippen molar-refractivity contribution in [3.8, 4) is 11.5 Å². The van der Waals surface area contributed by atoms with Gasteiger partial charge in [0.25, 0.3) is 0 Å². The van der Waals surface area contributed by atoms with E-state index in [2.05, 4.69) is 5.32 Å². The van der Waals surface area contributed by atoms with Crippen LogP contribution in [0.1, 0.15) is 48.8 Å². The average Bonchev–Trinajstić information content (AvgIpc) is 3.02. The van der Waals surface area contributed by atoms with E-state index in [1.54, 1.807) is 12.1 Å². The van der Waals surface area contributed by atoms with Crippen molar-refractivity contribution in [2.45, 2.75) is 64.1 Å². The van der Waals surface area contributed by atoms with Crippen molar-refractivity contribution >= 4 is 27.5 Å². The summed E-state index contributed by atoms with van der Waals surface area (Å²) in [5.74, 6) is -0.0797. The molecular formula is C34H43N3O6S. The first kappa shape index (κ1) is 32.9. The molecule has 1 atom stereocenters. The first-order valence-electron chi connectivity index (χ1n) is 15.0. The number of carbonyl (C=O) groups is 2. The van der Waals surface area contributed by atoms with E-state index >= 15 is 0 Å². The lowest BCUT2D eigenvalue weighted by Crippen LogP contribution is -2.55. The number of hydrogen-bond acceptors (Lipinski definition) is 6. The van der Waals surface area contributed by atoms with Gasteiger partial charge in [0.1, 0.15) is 24.1 Å².